The summed E-state index contributed by atoms with van der Waals surface area (Å²) in [6.07, 6.45) is 2.05. The molecule has 0 aliphatic heterocycles. The van der Waals surface area contributed by atoms with Crippen LogP contribution in [-0.4, -0.2) is 23.9 Å². The first-order valence-corrected chi connectivity index (χ1v) is 10.00. The number of aryl methyl sites for hydroxylation is 2. The van der Waals surface area contributed by atoms with Crippen molar-refractivity contribution in [3.63, 3.8) is 0 Å². The second-order valence-electron chi connectivity index (χ2n) is 7.25. The van der Waals surface area contributed by atoms with Gasteiger partial charge in [-0.05, 0) is 44.4 Å². The van der Waals surface area contributed by atoms with Gasteiger partial charge in [0.1, 0.15) is 0 Å². The predicted octanol–water partition coefficient (Wildman–Crippen LogP) is 5.96. The number of benzene rings is 3. The molecule has 3 aromatic carbocycles. The molecule has 1 N–H and O–H groups in total. The molecule has 3 nitrogen and oxygen atoms in total. The SMILES string of the molecule is CCn1c(C)c(C=NCCNc2cccc3ccccc23)c2cc(C)ccc21. The first kappa shape index (κ1) is 18.3. The third kappa shape index (κ3) is 3.40. The maximum Gasteiger partial charge on any atom is 0.0562 e. The molecule has 4 rings (SSSR count). The molecule has 3 heteroatoms. The number of aliphatic imine (C=N–C) groups is 1. The van der Waals surface area contributed by atoms with Gasteiger partial charge in [-0.15, -0.1) is 0 Å². The fraction of sp³-hybridized carbons (Fsp3) is 0.240. The molecular formula is C25H27N3. The van der Waals surface area contributed by atoms with E-state index >= 15 is 0 Å². The van der Waals surface area contributed by atoms with Crippen LogP contribution >= 0.6 is 0 Å². The average molecular weight is 370 g/mol. The van der Waals surface area contributed by atoms with Crippen molar-refractivity contribution in [3.05, 3.63) is 77.5 Å². The molecule has 1 heterocycles. The van der Waals surface area contributed by atoms with Gasteiger partial charge < -0.3 is 9.88 Å². The van der Waals surface area contributed by atoms with E-state index in [-0.39, 0.29) is 0 Å². The Morgan fingerprint density at radius 3 is 2.64 bits per heavy atom. The number of fused-ring (bicyclic) bond motifs is 2. The van der Waals surface area contributed by atoms with Crippen LogP contribution in [-0.2, 0) is 6.54 Å². The normalized spacial score (nSPS) is 11.7. The smallest absolute Gasteiger partial charge is 0.0562 e. The van der Waals surface area contributed by atoms with Crippen molar-refractivity contribution in [1.29, 1.82) is 0 Å². The lowest BCUT2D eigenvalue weighted by Gasteiger charge is -2.08. The largest absolute Gasteiger partial charge is 0.383 e. The molecule has 0 atom stereocenters. The highest BCUT2D eigenvalue weighted by molar-refractivity contribution is 6.01. The zero-order valence-electron chi connectivity index (χ0n) is 16.9. The Bertz CT molecular complexity index is 1150. The van der Waals surface area contributed by atoms with Crippen molar-refractivity contribution in [3.8, 4) is 0 Å². The quantitative estimate of drug-likeness (QED) is 0.330. The Hall–Kier alpha value is -3.07. The lowest BCUT2D eigenvalue weighted by molar-refractivity contribution is 0.769. The number of aromatic nitrogens is 1. The van der Waals surface area contributed by atoms with Gasteiger partial charge in [-0.1, -0.05) is 48.0 Å². The second kappa shape index (κ2) is 7.89. The first-order valence-electron chi connectivity index (χ1n) is 10.00. The minimum atomic E-state index is 0.743. The molecule has 0 aliphatic carbocycles. The van der Waals surface area contributed by atoms with Crippen LogP contribution in [0, 0.1) is 13.8 Å². The Morgan fingerprint density at radius 2 is 1.79 bits per heavy atom. The monoisotopic (exact) mass is 369 g/mol. The fourth-order valence-electron chi connectivity index (χ4n) is 3.98. The van der Waals surface area contributed by atoms with E-state index in [2.05, 4.69) is 91.3 Å². The molecule has 0 fully saturated rings. The van der Waals surface area contributed by atoms with Crippen LogP contribution in [0.3, 0.4) is 0 Å². The maximum atomic E-state index is 4.72. The number of rotatable bonds is 6. The summed E-state index contributed by atoms with van der Waals surface area (Å²) in [7, 11) is 0. The third-order valence-corrected chi connectivity index (χ3v) is 5.41. The topological polar surface area (TPSA) is 29.3 Å². The summed E-state index contributed by atoms with van der Waals surface area (Å²) >= 11 is 0. The fourth-order valence-corrected chi connectivity index (χ4v) is 3.98. The molecule has 142 valence electrons. The van der Waals surface area contributed by atoms with E-state index in [1.807, 2.05) is 6.21 Å². The number of nitrogens with one attached hydrogen (secondary N) is 1. The van der Waals surface area contributed by atoms with Crippen molar-refractivity contribution < 1.29 is 0 Å². The lowest BCUT2D eigenvalue weighted by Crippen LogP contribution is -2.05. The minimum Gasteiger partial charge on any atom is -0.383 e. The zero-order chi connectivity index (χ0) is 19.5. The minimum absolute atomic E-state index is 0.743. The summed E-state index contributed by atoms with van der Waals surface area (Å²) in [5, 5.41) is 7.34. The van der Waals surface area contributed by atoms with Crippen LogP contribution < -0.4 is 5.32 Å². The van der Waals surface area contributed by atoms with Crippen molar-refractivity contribution in [2.75, 3.05) is 18.4 Å². The summed E-state index contributed by atoms with van der Waals surface area (Å²) in [5.41, 5.74) is 6.27. The zero-order valence-corrected chi connectivity index (χ0v) is 16.9. The molecule has 0 amide bonds. The summed E-state index contributed by atoms with van der Waals surface area (Å²) in [6, 6.07) is 21.5. The van der Waals surface area contributed by atoms with Crippen LogP contribution in [0.1, 0.15) is 23.7 Å². The van der Waals surface area contributed by atoms with Gasteiger partial charge in [0.05, 0.1) is 6.54 Å². The Labute approximate surface area is 166 Å². The van der Waals surface area contributed by atoms with Crippen LogP contribution in [0.15, 0.2) is 65.7 Å². The van der Waals surface area contributed by atoms with Crippen molar-refractivity contribution in [2.45, 2.75) is 27.3 Å². The molecule has 0 unspecified atom stereocenters. The van der Waals surface area contributed by atoms with Gasteiger partial charge in [-0.3, -0.25) is 4.99 Å². The maximum absolute atomic E-state index is 4.72. The summed E-state index contributed by atoms with van der Waals surface area (Å²) in [5.74, 6) is 0. The van der Waals surface area contributed by atoms with Gasteiger partial charge in [0, 0.05) is 52.5 Å². The number of hydrogen-bond acceptors (Lipinski definition) is 2. The lowest BCUT2D eigenvalue weighted by atomic mass is 10.1. The standard InChI is InChI=1S/C25H27N3/c1-4-28-19(3)23(22-16-18(2)12-13-25(22)28)17-26-14-15-27-24-11-7-9-20-8-5-6-10-21(20)24/h5-13,16-17,27H,4,14-15H2,1-3H3. The molecule has 0 bridgehead atoms. The molecule has 0 spiro atoms. The average Bonchev–Trinajstić information content (AvgIpc) is 2.98. The van der Waals surface area contributed by atoms with E-state index in [1.54, 1.807) is 0 Å². The first-order chi connectivity index (χ1) is 13.7. The number of nitrogens with zero attached hydrogens (tertiary/aromatic N) is 2. The van der Waals surface area contributed by atoms with E-state index in [0.29, 0.717) is 0 Å². The predicted molar refractivity (Wildman–Crippen MR) is 122 cm³/mol. The molecular weight excluding hydrogens is 342 g/mol. The summed E-state index contributed by atoms with van der Waals surface area (Å²) < 4.78 is 2.37. The van der Waals surface area contributed by atoms with Gasteiger partial charge >= 0.3 is 0 Å². The highest BCUT2D eigenvalue weighted by Gasteiger charge is 2.11. The molecule has 0 radical (unpaired) electrons. The van der Waals surface area contributed by atoms with Crippen molar-refractivity contribution >= 4 is 33.6 Å². The second-order valence-corrected chi connectivity index (χ2v) is 7.25. The van der Waals surface area contributed by atoms with Gasteiger partial charge in [0.2, 0.25) is 0 Å². The number of anilines is 1. The molecule has 1 aromatic heterocycles. The van der Waals surface area contributed by atoms with Crippen LogP contribution in [0.2, 0.25) is 0 Å². The van der Waals surface area contributed by atoms with E-state index < -0.39 is 0 Å². The Morgan fingerprint density at radius 1 is 0.964 bits per heavy atom. The van der Waals surface area contributed by atoms with Gasteiger partial charge in [0.25, 0.3) is 0 Å². The Kier molecular flexibility index (Phi) is 5.16. The highest BCUT2D eigenvalue weighted by atomic mass is 15.0. The van der Waals surface area contributed by atoms with Crippen LogP contribution in [0.5, 0.6) is 0 Å². The van der Waals surface area contributed by atoms with E-state index in [9.17, 15) is 0 Å². The molecule has 0 aliphatic rings. The molecule has 0 saturated carbocycles. The van der Waals surface area contributed by atoms with E-state index in [1.165, 1.54) is 44.2 Å². The summed E-state index contributed by atoms with van der Waals surface area (Å²) in [4.78, 5) is 4.72. The third-order valence-electron chi connectivity index (χ3n) is 5.41. The molecule has 28 heavy (non-hydrogen) atoms. The summed E-state index contributed by atoms with van der Waals surface area (Å²) in [6.45, 7) is 9.06. The Balaban J connectivity index is 1.50. The van der Waals surface area contributed by atoms with Gasteiger partial charge in [-0.2, -0.15) is 0 Å². The van der Waals surface area contributed by atoms with Crippen LogP contribution in [0.25, 0.3) is 21.7 Å². The van der Waals surface area contributed by atoms with Crippen LogP contribution in [0.4, 0.5) is 5.69 Å². The van der Waals surface area contributed by atoms with Gasteiger partial charge in [-0.25, -0.2) is 0 Å². The molecule has 0 saturated heterocycles. The van der Waals surface area contributed by atoms with Crippen molar-refractivity contribution in [1.82, 2.24) is 4.57 Å². The highest BCUT2D eigenvalue weighted by Crippen LogP contribution is 2.26. The van der Waals surface area contributed by atoms with E-state index in [4.69, 9.17) is 4.99 Å². The molecule has 4 aromatic rings. The van der Waals surface area contributed by atoms with E-state index in [0.717, 1.165) is 19.6 Å². The van der Waals surface area contributed by atoms with Gasteiger partial charge in [0.15, 0.2) is 0 Å². The number of hydrogen-bond donors (Lipinski definition) is 1. The van der Waals surface area contributed by atoms with Crippen molar-refractivity contribution in [2.24, 2.45) is 4.99 Å².